The summed E-state index contributed by atoms with van der Waals surface area (Å²) in [7, 11) is 0. The predicted octanol–water partition coefficient (Wildman–Crippen LogP) is 2.14. The number of ether oxygens (including phenoxy) is 1. The van der Waals surface area contributed by atoms with Crippen LogP contribution in [0.4, 0.5) is 0 Å². The Hall–Kier alpha value is -2.18. The summed E-state index contributed by atoms with van der Waals surface area (Å²) >= 11 is 0. The molecule has 1 atom stereocenters. The lowest BCUT2D eigenvalue weighted by molar-refractivity contribution is 0.0734. The van der Waals surface area contributed by atoms with Crippen molar-refractivity contribution in [1.29, 1.82) is 0 Å². The summed E-state index contributed by atoms with van der Waals surface area (Å²) in [5.74, 6) is 1.57. The van der Waals surface area contributed by atoms with Crippen LogP contribution in [0.5, 0.6) is 0 Å². The molecule has 0 amide bonds. The van der Waals surface area contributed by atoms with Crippen molar-refractivity contribution < 1.29 is 13.7 Å². The van der Waals surface area contributed by atoms with E-state index in [2.05, 4.69) is 15.5 Å². The maximum atomic E-state index is 5.71. The second-order valence-electron chi connectivity index (χ2n) is 4.69. The summed E-state index contributed by atoms with van der Waals surface area (Å²) in [6.07, 6.45) is 0. The monoisotopic (exact) mass is 271 g/mol. The van der Waals surface area contributed by atoms with E-state index in [0.717, 1.165) is 17.5 Å². The predicted molar refractivity (Wildman–Crippen MR) is 71.1 cm³/mol. The Kier molecular flexibility index (Phi) is 2.75. The minimum Gasteiger partial charge on any atom is -0.451 e. The van der Waals surface area contributed by atoms with Gasteiger partial charge in [-0.2, -0.15) is 4.98 Å². The van der Waals surface area contributed by atoms with Gasteiger partial charge >= 0.3 is 0 Å². The molecular formula is C14H13N3O3. The molecule has 1 aliphatic rings. The van der Waals surface area contributed by atoms with Crippen molar-refractivity contribution in [2.75, 3.05) is 19.8 Å². The zero-order chi connectivity index (χ0) is 13.4. The molecule has 1 N–H and O–H groups in total. The van der Waals surface area contributed by atoms with E-state index >= 15 is 0 Å². The summed E-state index contributed by atoms with van der Waals surface area (Å²) < 4.78 is 16.4. The molecule has 102 valence electrons. The van der Waals surface area contributed by atoms with Crippen LogP contribution in [0.2, 0.25) is 0 Å². The van der Waals surface area contributed by atoms with Crippen LogP contribution in [-0.4, -0.2) is 29.9 Å². The average molecular weight is 271 g/mol. The second-order valence-corrected chi connectivity index (χ2v) is 4.69. The molecule has 1 fully saturated rings. The number of nitrogens with zero attached hydrogens (tertiary/aromatic N) is 2. The highest BCUT2D eigenvalue weighted by molar-refractivity contribution is 5.81. The summed E-state index contributed by atoms with van der Waals surface area (Å²) in [5, 5.41) is 8.30. The molecule has 2 aromatic heterocycles. The highest BCUT2D eigenvalue weighted by atomic mass is 16.5. The summed E-state index contributed by atoms with van der Waals surface area (Å²) in [6.45, 7) is 2.06. The van der Waals surface area contributed by atoms with E-state index in [0.29, 0.717) is 30.7 Å². The van der Waals surface area contributed by atoms with E-state index in [1.54, 1.807) is 0 Å². The summed E-state index contributed by atoms with van der Waals surface area (Å²) in [6, 6.07) is 9.66. The molecule has 0 bridgehead atoms. The third-order valence-corrected chi connectivity index (χ3v) is 3.31. The lowest BCUT2D eigenvalue weighted by atomic mass is 10.2. The Balaban J connectivity index is 1.66. The number of rotatable bonds is 2. The van der Waals surface area contributed by atoms with Crippen LogP contribution in [-0.2, 0) is 4.74 Å². The van der Waals surface area contributed by atoms with Crippen molar-refractivity contribution in [3.63, 3.8) is 0 Å². The smallest absolute Gasteiger partial charge is 0.293 e. The number of furan rings is 1. The van der Waals surface area contributed by atoms with Crippen LogP contribution in [0.25, 0.3) is 22.6 Å². The van der Waals surface area contributed by atoms with Crippen LogP contribution in [0.3, 0.4) is 0 Å². The van der Waals surface area contributed by atoms with Gasteiger partial charge in [-0.3, -0.25) is 0 Å². The molecule has 1 saturated heterocycles. The normalized spacial score (nSPS) is 19.5. The lowest BCUT2D eigenvalue weighted by Gasteiger charge is -2.20. The third-order valence-electron chi connectivity index (χ3n) is 3.31. The fourth-order valence-corrected chi connectivity index (χ4v) is 2.30. The van der Waals surface area contributed by atoms with Crippen molar-refractivity contribution in [3.05, 3.63) is 36.2 Å². The van der Waals surface area contributed by atoms with E-state index in [-0.39, 0.29) is 6.04 Å². The SMILES string of the molecule is c1ccc2oc(-c3nc(C4COCCN4)no3)cc2c1. The highest BCUT2D eigenvalue weighted by Crippen LogP contribution is 2.27. The highest BCUT2D eigenvalue weighted by Gasteiger charge is 2.22. The molecule has 6 heteroatoms. The first kappa shape index (κ1) is 11.6. The molecule has 0 radical (unpaired) electrons. The Morgan fingerprint density at radius 1 is 1.25 bits per heavy atom. The van der Waals surface area contributed by atoms with Crippen molar-refractivity contribution in [1.82, 2.24) is 15.5 Å². The van der Waals surface area contributed by atoms with E-state index in [9.17, 15) is 0 Å². The largest absolute Gasteiger partial charge is 0.451 e. The number of aromatic nitrogens is 2. The van der Waals surface area contributed by atoms with Gasteiger partial charge in [-0.05, 0) is 12.1 Å². The Labute approximate surface area is 114 Å². The molecule has 6 nitrogen and oxygen atoms in total. The molecule has 20 heavy (non-hydrogen) atoms. The molecule has 0 saturated carbocycles. The number of fused-ring (bicyclic) bond motifs is 1. The first-order valence-corrected chi connectivity index (χ1v) is 6.54. The van der Waals surface area contributed by atoms with Gasteiger partial charge in [0.15, 0.2) is 11.6 Å². The zero-order valence-corrected chi connectivity index (χ0v) is 10.7. The average Bonchev–Trinajstić information content (AvgIpc) is 3.14. The first-order chi connectivity index (χ1) is 9.90. The van der Waals surface area contributed by atoms with Crippen LogP contribution in [0.1, 0.15) is 11.9 Å². The van der Waals surface area contributed by atoms with Gasteiger partial charge in [0, 0.05) is 11.9 Å². The first-order valence-electron chi connectivity index (χ1n) is 6.54. The van der Waals surface area contributed by atoms with Crippen LogP contribution >= 0.6 is 0 Å². The van der Waals surface area contributed by atoms with Crippen molar-refractivity contribution in [3.8, 4) is 11.7 Å². The maximum absolute atomic E-state index is 5.71. The molecule has 1 aromatic carbocycles. The Morgan fingerprint density at radius 3 is 3.05 bits per heavy atom. The molecule has 0 spiro atoms. The molecule has 1 aliphatic heterocycles. The summed E-state index contributed by atoms with van der Waals surface area (Å²) in [4.78, 5) is 4.39. The Bertz CT molecular complexity index is 695. The van der Waals surface area contributed by atoms with Crippen molar-refractivity contribution in [2.24, 2.45) is 0 Å². The second kappa shape index (κ2) is 4.73. The lowest BCUT2D eigenvalue weighted by Crippen LogP contribution is -2.35. The third kappa shape index (κ3) is 1.99. The van der Waals surface area contributed by atoms with Gasteiger partial charge < -0.3 is 19.0 Å². The maximum Gasteiger partial charge on any atom is 0.293 e. The van der Waals surface area contributed by atoms with E-state index in [4.69, 9.17) is 13.7 Å². The van der Waals surface area contributed by atoms with Gasteiger partial charge in [0.1, 0.15) is 5.58 Å². The quantitative estimate of drug-likeness (QED) is 0.769. The number of morpholine rings is 1. The van der Waals surface area contributed by atoms with Crippen LogP contribution in [0, 0.1) is 0 Å². The van der Waals surface area contributed by atoms with Crippen LogP contribution in [0.15, 0.2) is 39.3 Å². The molecule has 4 rings (SSSR count). The van der Waals surface area contributed by atoms with Gasteiger partial charge in [0.05, 0.1) is 19.3 Å². The van der Waals surface area contributed by atoms with Crippen LogP contribution < -0.4 is 5.32 Å². The number of nitrogens with one attached hydrogen (secondary N) is 1. The van der Waals surface area contributed by atoms with Gasteiger partial charge in [0.25, 0.3) is 5.89 Å². The number of hydrogen-bond acceptors (Lipinski definition) is 6. The minimum absolute atomic E-state index is 0.0226. The standard InChI is InChI=1S/C14H13N3O3/c1-2-4-11-9(3-1)7-12(19-11)14-16-13(17-20-14)10-8-18-6-5-15-10/h1-4,7,10,15H,5-6,8H2. The van der Waals surface area contributed by atoms with Crippen molar-refractivity contribution in [2.45, 2.75) is 6.04 Å². The molecular weight excluding hydrogens is 258 g/mol. The van der Waals surface area contributed by atoms with E-state index in [1.807, 2.05) is 30.3 Å². The summed E-state index contributed by atoms with van der Waals surface area (Å²) in [5.41, 5.74) is 0.807. The fourth-order valence-electron chi connectivity index (χ4n) is 2.30. The van der Waals surface area contributed by atoms with E-state index < -0.39 is 0 Å². The van der Waals surface area contributed by atoms with E-state index in [1.165, 1.54) is 0 Å². The molecule has 3 heterocycles. The van der Waals surface area contributed by atoms with Gasteiger partial charge in [-0.1, -0.05) is 23.4 Å². The van der Waals surface area contributed by atoms with Gasteiger partial charge in [-0.25, -0.2) is 0 Å². The Morgan fingerprint density at radius 2 is 2.20 bits per heavy atom. The molecule has 3 aromatic rings. The number of para-hydroxylation sites is 1. The van der Waals surface area contributed by atoms with Gasteiger partial charge in [-0.15, -0.1) is 0 Å². The molecule has 0 aliphatic carbocycles. The minimum atomic E-state index is -0.0226. The fraction of sp³-hybridized carbons (Fsp3) is 0.286. The van der Waals surface area contributed by atoms with Gasteiger partial charge in [0.2, 0.25) is 0 Å². The number of benzene rings is 1. The topological polar surface area (TPSA) is 73.3 Å². The number of hydrogen-bond donors (Lipinski definition) is 1. The molecule has 1 unspecified atom stereocenters. The zero-order valence-electron chi connectivity index (χ0n) is 10.7. The van der Waals surface area contributed by atoms with Crippen molar-refractivity contribution >= 4 is 11.0 Å².